The van der Waals surface area contributed by atoms with Gasteiger partial charge in [0.25, 0.3) is 0 Å². The lowest BCUT2D eigenvalue weighted by Gasteiger charge is -2.42. The second kappa shape index (κ2) is 5.48. The van der Waals surface area contributed by atoms with E-state index in [0.29, 0.717) is 6.04 Å². The van der Waals surface area contributed by atoms with Gasteiger partial charge in [-0.25, -0.2) is 0 Å². The number of nitrogens with zero attached hydrogens (tertiary/aromatic N) is 2. The average Bonchev–Trinajstić information content (AvgIpc) is 3.04. The Morgan fingerprint density at radius 2 is 1.94 bits per heavy atom. The van der Waals surface area contributed by atoms with E-state index < -0.39 is 0 Å². The highest BCUT2D eigenvalue weighted by Crippen LogP contribution is 2.38. The summed E-state index contributed by atoms with van der Waals surface area (Å²) in [5.74, 6) is 0.738. The quantitative estimate of drug-likeness (QED) is 0.785. The lowest BCUT2D eigenvalue weighted by atomic mass is 9.94. The van der Waals surface area contributed by atoms with Crippen molar-refractivity contribution >= 4 is 0 Å². The molecule has 2 N–H and O–H groups in total. The minimum Gasteiger partial charge on any atom is -0.329 e. The second-order valence-corrected chi connectivity index (χ2v) is 7.02. The predicted molar refractivity (Wildman–Crippen MR) is 77.7 cm³/mol. The Balaban J connectivity index is 2.09. The number of nitrogens with two attached hydrogens (primary N) is 1. The summed E-state index contributed by atoms with van der Waals surface area (Å²) in [5.41, 5.74) is 6.46. The van der Waals surface area contributed by atoms with E-state index >= 15 is 0 Å². The molecule has 0 bridgehead atoms. The number of hydrogen-bond donors (Lipinski definition) is 1. The summed E-state index contributed by atoms with van der Waals surface area (Å²) < 4.78 is 0. The third kappa shape index (κ3) is 2.89. The van der Waals surface area contributed by atoms with Crippen LogP contribution in [0.3, 0.4) is 0 Å². The Kier molecular flexibility index (Phi) is 4.35. The third-order valence-electron chi connectivity index (χ3n) is 4.63. The molecule has 3 nitrogen and oxygen atoms in total. The first kappa shape index (κ1) is 14.3. The van der Waals surface area contributed by atoms with Crippen molar-refractivity contribution in [2.24, 2.45) is 11.7 Å². The summed E-state index contributed by atoms with van der Waals surface area (Å²) in [6.45, 7) is 13.7. The number of rotatable bonds is 6. The Morgan fingerprint density at radius 3 is 2.33 bits per heavy atom. The summed E-state index contributed by atoms with van der Waals surface area (Å²) in [6, 6.07) is 1.47. The minimum atomic E-state index is 0.260. The zero-order chi connectivity index (χ0) is 13.3. The van der Waals surface area contributed by atoms with E-state index in [1.165, 1.54) is 38.9 Å². The fourth-order valence-electron chi connectivity index (χ4n) is 3.36. The Hall–Kier alpha value is -0.120. The van der Waals surface area contributed by atoms with Gasteiger partial charge in [-0.05, 0) is 39.0 Å². The van der Waals surface area contributed by atoms with E-state index in [2.05, 4.69) is 37.5 Å². The van der Waals surface area contributed by atoms with E-state index in [-0.39, 0.29) is 5.54 Å². The summed E-state index contributed by atoms with van der Waals surface area (Å²) in [5, 5.41) is 0. The monoisotopic (exact) mass is 253 g/mol. The first-order valence-electron chi connectivity index (χ1n) is 7.69. The van der Waals surface area contributed by atoms with E-state index in [1.54, 1.807) is 0 Å². The van der Waals surface area contributed by atoms with E-state index in [4.69, 9.17) is 5.73 Å². The average molecular weight is 253 g/mol. The molecule has 0 amide bonds. The second-order valence-electron chi connectivity index (χ2n) is 7.02. The highest BCUT2D eigenvalue weighted by molar-refractivity contribution is 5.05. The van der Waals surface area contributed by atoms with Crippen molar-refractivity contribution in [2.45, 2.75) is 64.6 Å². The summed E-state index contributed by atoms with van der Waals surface area (Å²) >= 11 is 0. The van der Waals surface area contributed by atoms with Crippen molar-refractivity contribution in [3.05, 3.63) is 0 Å². The van der Waals surface area contributed by atoms with Crippen LogP contribution in [-0.4, -0.2) is 53.6 Å². The largest absolute Gasteiger partial charge is 0.329 e. The molecule has 2 rings (SSSR count). The molecule has 1 aliphatic carbocycles. The Morgan fingerprint density at radius 1 is 1.28 bits per heavy atom. The molecule has 106 valence electrons. The molecule has 3 heteroatoms. The van der Waals surface area contributed by atoms with Crippen LogP contribution in [0.1, 0.15) is 47.0 Å². The SMILES string of the molecule is CC(C)CN(C1CC1)C1(CN)CCN(C(C)C)C1. The summed E-state index contributed by atoms with van der Waals surface area (Å²) in [4.78, 5) is 5.36. The fourth-order valence-corrected chi connectivity index (χ4v) is 3.36. The van der Waals surface area contributed by atoms with Gasteiger partial charge in [0.1, 0.15) is 0 Å². The standard InChI is InChI=1S/C15H31N3/c1-12(2)9-18(14-5-6-14)15(10-16)7-8-17(11-15)13(3)4/h12-14H,5-11,16H2,1-4H3. The maximum atomic E-state index is 6.21. The van der Waals surface area contributed by atoms with Crippen LogP contribution in [0.4, 0.5) is 0 Å². The maximum Gasteiger partial charge on any atom is 0.0473 e. The minimum absolute atomic E-state index is 0.260. The van der Waals surface area contributed by atoms with Gasteiger partial charge < -0.3 is 5.73 Å². The molecular formula is C15H31N3. The predicted octanol–water partition coefficient (Wildman–Crippen LogP) is 1.92. The van der Waals surface area contributed by atoms with Crippen molar-refractivity contribution in [1.82, 2.24) is 9.80 Å². The first-order chi connectivity index (χ1) is 8.48. The zero-order valence-electron chi connectivity index (χ0n) is 12.7. The van der Waals surface area contributed by atoms with Crippen molar-refractivity contribution in [2.75, 3.05) is 26.2 Å². The Bertz CT molecular complexity index is 273. The molecule has 0 spiro atoms. The zero-order valence-corrected chi connectivity index (χ0v) is 12.7. The highest BCUT2D eigenvalue weighted by atomic mass is 15.3. The molecule has 18 heavy (non-hydrogen) atoms. The molecule has 0 radical (unpaired) electrons. The van der Waals surface area contributed by atoms with Crippen LogP contribution in [0.15, 0.2) is 0 Å². The molecule has 1 aliphatic heterocycles. The lowest BCUT2D eigenvalue weighted by Crippen LogP contribution is -2.57. The van der Waals surface area contributed by atoms with Crippen LogP contribution in [0.25, 0.3) is 0 Å². The molecule has 2 fully saturated rings. The lowest BCUT2D eigenvalue weighted by molar-refractivity contribution is 0.0732. The van der Waals surface area contributed by atoms with Gasteiger partial charge in [0.2, 0.25) is 0 Å². The van der Waals surface area contributed by atoms with Crippen molar-refractivity contribution in [1.29, 1.82) is 0 Å². The fraction of sp³-hybridized carbons (Fsp3) is 1.00. The normalized spacial score (nSPS) is 30.0. The van der Waals surface area contributed by atoms with Gasteiger partial charge >= 0.3 is 0 Å². The molecule has 1 atom stereocenters. The van der Waals surface area contributed by atoms with E-state index in [9.17, 15) is 0 Å². The Labute approximate surface area is 113 Å². The molecule has 1 saturated carbocycles. The number of likely N-dealkylation sites (tertiary alicyclic amines) is 1. The van der Waals surface area contributed by atoms with Crippen LogP contribution in [0.5, 0.6) is 0 Å². The van der Waals surface area contributed by atoms with Crippen molar-refractivity contribution in [3.8, 4) is 0 Å². The highest BCUT2D eigenvalue weighted by Gasteiger charge is 2.47. The summed E-state index contributed by atoms with van der Waals surface area (Å²) in [7, 11) is 0. The van der Waals surface area contributed by atoms with Gasteiger partial charge in [0.15, 0.2) is 0 Å². The molecule has 0 aromatic carbocycles. The van der Waals surface area contributed by atoms with Crippen molar-refractivity contribution < 1.29 is 0 Å². The van der Waals surface area contributed by atoms with E-state index in [0.717, 1.165) is 18.5 Å². The molecule has 1 saturated heterocycles. The maximum absolute atomic E-state index is 6.21. The van der Waals surface area contributed by atoms with Gasteiger partial charge in [-0.15, -0.1) is 0 Å². The van der Waals surface area contributed by atoms with Gasteiger partial charge in [0, 0.05) is 43.8 Å². The van der Waals surface area contributed by atoms with Gasteiger partial charge in [-0.3, -0.25) is 9.80 Å². The van der Waals surface area contributed by atoms with Crippen LogP contribution >= 0.6 is 0 Å². The summed E-state index contributed by atoms with van der Waals surface area (Å²) in [6.07, 6.45) is 4.02. The molecular weight excluding hydrogens is 222 g/mol. The van der Waals surface area contributed by atoms with Crippen LogP contribution in [0, 0.1) is 5.92 Å². The molecule has 1 heterocycles. The van der Waals surface area contributed by atoms with Gasteiger partial charge in [-0.2, -0.15) is 0 Å². The van der Waals surface area contributed by atoms with Crippen LogP contribution in [0.2, 0.25) is 0 Å². The van der Waals surface area contributed by atoms with Crippen LogP contribution in [-0.2, 0) is 0 Å². The molecule has 0 aromatic rings. The van der Waals surface area contributed by atoms with E-state index in [1.807, 2.05) is 0 Å². The van der Waals surface area contributed by atoms with Crippen molar-refractivity contribution in [3.63, 3.8) is 0 Å². The smallest absolute Gasteiger partial charge is 0.0473 e. The topological polar surface area (TPSA) is 32.5 Å². The first-order valence-corrected chi connectivity index (χ1v) is 7.69. The van der Waals surface area contributed by atoms with Crippen LogP contribution < -0.4 is 5.73 Å². The van der Waals surface area contributed by atoms with Gasteiger partial charge in [-0.1, -0.05) is 13.8 Å². The third-order valence-corrected chi connectivity index (χ3v) is 4.63. The molecule has 0 aromatic heterocycles. The van der Waals surface area contributed by atoms with Gasteiger partial charge in [0.05, 0.1) is 0 Å². The molecule has 1 unspecified atom stereocenters. The molecule has 2 aliphatic rings. The number of hydrogen-bond acceptors (Lipinski definition) is 3.